The highest BCUT2D eigenvalue weighted by atomic mass is 32.1. The van der Waals surface area contributed by atoms with E-state index in [0.717, 1.165) is 6.54 Å². The molecule has 0 spiro atoms. The highest BCUT2D eigenvalue weighted by Gasteiger charge is 2.15. The van der Waals surface area contributed by atoms with Crippen molar-refractivity contribution >= 4 is 17.3 Å². The van der Waals surface area contributed by atoms with Gasteiger partial charge in [0.25, 0.3) is 0 Å². The molecule has 0 aliphatic heterocycles. The molecule has 1 heterocycles. The van der Waals surface area contributed by atoms with Gasteiger partial charge in [-0.2, -0.15) is 0 Å². The maximum atomic E-state index is 10.5. The SMILES string of the molecule is CC(CC(=O)O)NCc1cc2c(s1)CCC2. The fourth-order valence-corrected chi connectivity index (χ4v) is 3.30. The molecule has 3 nitrogen and oxygen atoms in total. The van der Waals surface area contributed by atoms with Crippen LogP contribution in [0.15, 0.2) is 6.07 Å². The zero-order valence-corrected chi connectivity index (χ0v) is 10.3. The Balaban J connectivity index is 1.83. The van der Waals surface area contributed by atoms with Gasteiger partial charge in [-0.3, -0.25) is 4.79 Å². The van der Waals surface area contributed by atoms with E-state index in [2.05, 4.69) is 11.4 Å². The first kappa shape index (κ1) is 11.6. The quantitative estimate of drug-likeness (QED) is 0.828. The molecule has 1 aromatic rings. The normalized spacial score (nSPS) is 16.1. The maximum absolute atomic E-state index is 10.5. The number of fused-ring (bicyclic) bond motifs is 1. The number of rotatable bonds is 5. The molecule has 1 atom stereocenters. The molecule has 88 valence electrons. The molecule has 0 amide bonds. The second-order valence-corrected chi connectivity index (χ2v) is 5.62. The Morgan fingerprint density at radius 1 is 1.62 bits per heavy atom. The van der Waals surface area contributed by atoms with Crippen molar-refractivity contribution in [2.75, 3.05) is 0 Å². The van der Waals surface area contributed by atoms with Crippen LogP contribution in [0.25, 0.3) is 0 Å². The molecule has 1 aliphatic rings. The fourth-order valence-electron chi connectivity index (χ4n) is 2.09. The minimum absolute atomic E-state index is 0.0365. The number of carboxylic acids is 1. The Morgan fingerprint density at radius 2 is 2.44 bits per heavy atom. The summed E-state index contributed by atoms with van der Waals surface area (Å²) in [6.07, 6.45) is 3.93. The van der Waals surface area contributed by atoms with Crippen molar-refractivity contribution in [2.24, 2.45) is 0 Å². The molecule has 0 saturated carbocycles. The lowest BCUT2D eigenvalue weighted by atomic mass is 10.2. The minimum Gasteiger partial charge on any atom is -0.481 e. The number of hydrogen-bond acceptors (Lipinski definition) is 3. The van der Waals surface area contributed by atoms with E-state index in [0.29, 0.717) is 0 Å². The summed E-state index contributed by atoms with van der Waals surface area (Å²) < 4.78 is 0. The smallest absolute Gasteiger partial charge is 0.304 e. The van der Waals surface area contributed by atoms with Crippen LogP contribution in [0, 0.1) is 0 Å². The number of hydrogen-bond donors (Lipinski definition) is 2. The van der Waals surface area contributed by atoms with Gasteiger partial charge >= 0.3 is 5.97 Å². The van der Waals surface area contributed by atoms with Crippen molar-refractivity contribution < 1.29 is 9.90 Å². The Hall–Kier alpha value is -0.870. The van der Waals surface area contributed by atoms with E-state index in [1.165, 1.54) is 34.6 Å². The molecule has 0 aromatic carbocycles. The standard InChI is InChI=1S/C12H17NO2S/c1-8(5-12(14)15)13-7-10-6-9-3-2-4-11(9)16-10/h6,8,13H,2-5,7H2,1H3,(H,14,15). The molecule has 1 aliphatic carbocycles. The van der Waals surface area contributed by atoms with Crippen LogP contribution in [0.5, 0.6) is 0 Å². The van der Waals surface area contributed by atoms with Crippen LogP contribution in [0.2, 0.25) is 0 Å². The Bertz CT molecular complexity index is 365. The summed E-state index contributed by atoms with van der Waals surface area (Å²) in [6, 6.07) is 2.31. The van der Waals surface area contributed by atoms with Crippen molar-refractivity contribution in [3.8, 4) is 0 Å². The third-order valence-electron chi connectivity index (χ3n) is 2.90. The van der Waals surface area contributed by atoms with Crippen LogP contribution in [0.3, 0.4) is 0 Å². The maximum Gasteiger partial charge on any atom is 0.304 e. The molecule has 2 N–H and O–H groups in total. The van der Waals surface area contributed by atoms with Crippen LogP contribution in [0.4, 0.5) is 0 Å². The van der Waals surface area contributed by atoms with E-state index in [1.54, 1.807) is 0 Å². The lowest BCUT2D eigenvalue weighted by Crippen LogP contribution is -2.27. The Morgan fingerprint density at radius 3 is 3.12 bits per heavy atom. The molecule has 0 bridgehead atoms. The van der Waals surface area contributed by atoms with Crippen LogP contribution < -0.4 is 5.32 Å². The van der Waals surface area contributed by atoms with Crippen molar-refractivity contribution in [1.82, 2.24) is 5.32 Å². The van der Waals surface area contributed by atoms with E-state index in [9.17, 15) is 4.79 Å². The van der Waals surface area contributed by atoms with Gasteiger partial charge in [0.15, 0.2) is 0 Å². The first-order valence-electron chi connectivity index (χ1n) is 5.71. The average molecular weight is 239 g/mol. The average Bonchev–Trinajstić information content (AvgIpc) is 2.72. The number of aliphatic carboxylic acids is 1. The fraction of sp³-hybridized carbons (Fsp3) is 0.583. The molecule has 16 heavy (non-hydrogen) atoms. The van der Waals surface area contributed by atoms with E-state index in [-0.39, 0.29) is 12.5 Å². The van der Waals surface area contributed by atoms with E-state index >= 15 is 0 Å². The van der Waals surface area contributed by atoms with E-state index in [4.69, 9.17) is 5.11 Å². The molecule has 4 heteroatoms. The molecule has 0 fully saturated rings. The van der Waals surface area contributed by atoms with Crippen molar-refractivity contribution in [3.63, 3.8) is 0 Å². The molecular weight excluding hydrogens is 222 g/mol. The lowest BCUT2D eigenvalue weighted by molar-refractivity contribution is -0.137. The topological polar surface area (TPSA) is 49.3 Å². The van der Waals surface area contributed by atoms with E-state index < -0.39 is 5.97 Å². The molecule has 1 aromatic heterocycles. The number of nitrogens with one attached hydrogen (secondary N) is 1. The molecule has 1 unspecified atom stereocenters. The number of thiophene rings is 1. The molecule has 2 rings (SSSR count). The predicted molar refractivity (Wildman–Crippen MR) is 64.9 cm³/mol. The lowest BCUT2D eigenvalue weighted by Gasteiger charge is -2.09. The van der Waals surface area contributed by atoms with Gasteiger partial charge in [0.1, 0.15) is 0 Å². The van der Waals surface area contributed by atoms with Gasteiger partial charge < -0.3 is 10.4 Å². The van der Waals surface area contributed by atoms with E-state index in [1.807, 2.05) is 18.3 Å². The summed E-state index contributed by atoms with van der Waals surface area (Å²) in [6.45, 7) is 2.71. The first-order valence-corrected chi connectivity index (χ1v) is 6.52. The Labute approximate surface area is 99.5 Å². The van der Waals surface area contributed by atoms with Gasteiger partial charge in [-0.15, -0.1) is 11.3 Å². The zero-order chi connectivity index (χ0) is 11.5. The molecular formula is C12H17NO2S. The monoisotopic (exact) mass is 239 g/mol. The third-order valence-corrected chi connectivity index (χ3v) is 4.14. The zero-order valence-electron chi connectivity index (χ0n) is 9.45. The van der Waals surface area contributed by atoms with Crippen molar-refractivity contribution in [1.29, 1.82) is 0 Å². The third kappa shape index (κ3) is 2.83. The number of aryl methyl sites for hydroxylation is 2. The van der Waals surface area contributed by atoms with Gasteiger partial charge in [0, 0.05) is 22.3 Å². The number of carboxylic acid groups (broad SMARTS) is 1. The van der Waals surface area contributed by atoms with Gasteiger partial charge in [-0.1, -0.05) is 0 Å². The highest BCUT2D eigenvalue weighted by molar-refractivity contribution is 7.12. The number of carbonyl (C=O) groups is 1. The highest BCUT2D eigenvalue weighted by Crippen LogP contribution is 2.30. The predicted octanol–water partition coefficient (Wildman–Crippen LogP) is 2.19. The van der Waals surface area contributed by atoms with Gasteiger partial charge in [0.2, 0.25) is 0 Å². The summed E-state index contributed by atoms with van der Waals surface area (Å²) in [7, 11) is 0. The minimum atomic E-state index is -0.742. The van der Waals surface area contributed by atoms with Crippen LogP contribution in [0.1, 0.15) is 35.1 Å². The van der Waals surface area contributed by atoms with Crippen molar-refractivity contribution in [2.45, 2.75) is 45.2 Å². The van der Waals surface area contributed by atoms with Gasteiger partial charge in [0.05, 0.1) is 6.42 Å². The Kier molecular flexibility index (Phi) is 3.61. The van der Waals surface area contributed by atoms with Crippen LogP contribution >= 0.6 is 11.3 Å². The second kappa shape index (κ2) is 4.97. The molecule has 0 radical (unpaired) electrons. The van der Waals surface area contributed by atoms with Crippen molar-refractivity contribution in [3.05, 3.63) is 21.4 Å². The summed E-state index contributed by atoms with van der Waals surface area (Å²) in [5, 5.41) is 11.9. The van der Waals surface area contributed by atoms with Gasteiger partial charge in [-0.25, -0.2) is 0 Å². The summed E-state index contributed by atoms with van der Waals surface area (Å²) in [5.74, 6) is -0.742. The summed E-state index contributed by atoms with van der Waals surface area (Å²) >= 11 is 1.87. The molecule has 0 saturated heterocycles. The summed E-state index contributed by atoms with van der Waals surface area (Å²) in [4.78, 5) is 13.4. The first-order chi connectivity index (χ1) is 7.65. The largest absolute Gasteiger partial charge is 0.481 e. The summed E-state index contributed by atoms with van der Waals surface area (Å²) in [5.41, 5.74) is 1.51. The van der Waals surface area contributed by atoms with Gasteiger partial charge in [-0.05, 0) is 37.8 Å². The van der Waals surface area contributed by atoms with Crippen LogP contribution in [-0.2, 0) is 24.2 Å². The second-order valence-electron chi connectivity index (χ2n) is 4.39. The van der Waals surface area contributed by atoms with Crippen LogP contribution in [-0.4, -0.2) is 17.1 Å².